The maximum atomic E-state index is 5.20. The van der Waals surface area contributed by atoms with Gasteiger partial charge in [-0.15, -0.1) is 0 Å². The van der Waals surface area contributed by atoms with Gasteiger partial charge in [-0.25, -0.2) is 9.97 Å². The normalized spacial score (nSPS) is 11.6. The third-order valence-corrected chi connectivity index (χ3v) is 8.81. The number of benzene rings is 7. The summed E-state index contributed by atoms with van der Waals surface area (Å²) in [5, 5.41) is 7.32. The predicted octanol–water partition coefficient (Wildman–Crippen LogP) is 10.9. The molecule has 0 aliphatic rings. The van der Waals surface area contributed by atoms with Gasteiger partial charge in [-0.2, -0.15) is 0 Å². The van der Waals surface area contributed by atoms with Crippen molar-refractivity contribution < 1.29 is 0 Å². The lowest BCUT2D eigenvalue weighted by Gasteiger charge is -2.12. The van der Waals surface area contributed by atoms with Gasteiger partial charge in [-0.3, -0.25) is 4.57 Å². The molecule has 0 aliphatic carbocycles. The van der Waals surface area contributed by atoms with Crippen LogP contribution in [0.5, 0.6) is 0 Å². The third-order valence-electron chi connectivity index (χ3n) is 8.81. The smallest absolute Gasteiger partial charge is 0.235 e. The van der Waals surface area contributed by atoms with E-state index in [0.29, 0.717) is 5.95 Å². The van der Waals surface area contributed by atoms with Crippen molar-refractivity contribution in [2.45, 2.75) is 0 Å². The van der Waals surface area contributed by atoms with Crippen molar-refractivity contribution in [3.63, 3.8) is 0 Å². The fourth-order valence-electron chi connectivity index (χ4n) is 6.70. The molecule has 0 bridgehead atoms. The fraction of sp³-hybridized carbons (Fsp3) is 0. The van der Waals surface area contributed by atoms with Crippen LogP contribution >= 0.6 is 0 Å². The summed E-state index contributed by atoms with van der Waals surface area (Å²) in [6.07, 6.45) is 0. The minimum Gasteiger partial charge on any atom is -0.278 e. The standard InChI is InChI=1S/C42H27N3/c1-3-13-30(14-4-1)37-27-38(31-15-5-2-6-16-31)44-42(43-37)45-39-21-10-9-19-35(39)41-36-26-32(23-22-29(36)24-25-40(41)45)34-20-11-17-28-12-7-8-18-33(28)34/h1-27H. The summed E-state index contributed by atoms with van der Waals surface area (Å²) in [6.45, 7) is 0. The molecule has 3 heteroatoms. The highest BCUT2D eigenvalue weighted by atomic mass is 15.2. The van der Waals surface area contributed by atoms with E-state index in [-0.39, 0.29) is 0 Å². The molecule has 0 amide bonds. The molecule has 0 unspecified atom stereocenters. The number of para-hydroxylation sites is 1. The molecule has 0 saturated carbocycles. The Hall–Kier alpha value is -6.06. The van der Waals surface area contributed by atoms with E-state index in [0.717, 1.165) is 33.5 Å². The van der Waals surface area contributed by atoms with Crippen LogP contribution in [0.15, 0.2) is 164 Å². The molecule has 0 radical (unpaired) electrons. The topological polar surface area (TPSA) is 30.7 Å². The highest BCUT2D eigenvalue weighted by Gasteiger charge is 2.19. The Kier molecular flexibility index (Phi) is 5.82. The number of hydrogen-bond donors (Lipinski definition) is 0. The maximum absolute atomic E-state index is 5.20. The first-order chi connectivity index (χ1) is 22.3. The summed E-state index contributed by atoms with van der Waals surface area (Å²) in [4.78, 5) is 10.4. The Morgan fingerprint density at radius 3 is 1.73 bits per heavy atom. The SMILES string of the molecule is c1ccc(-c2cc(-c3ccccc3)nc(-n3c4ccccc4c4c5cc(-c6cccc7ccccc67)ccc5ccc43)n2)cc1. The van der Waals surface area contributed by atoms with Gasteiger partial charge >= 0.3 is 0 Å². The molecular formula is C42H27N3. The fourth-order valence-corrected chi connectivity index (χ4v) is 6.70. The van der Waals surface area contributed by atoms with E-state index in [1.807, 2.05) is 12.1 Å². The van der Waals surface area contributed by atoms with E-state index < -0.39 is 0 Å². The highest BCUT2D eigenvalue weighted by Crippen LogP contribution is 2.39. The van der Waals surface area contributed by atoms with Gasteiger partial charge in [-0.1, -0.05) is 140 Å². The van der Waals surface area contributed by atoms with E-state index >= 15 is 0 Å². The quantitative estimate of drug-likeness (QED) is 0.210. The van der Waals surface area contributed by atoms with Gasteiger partial charge in [0.05, 0.1) is 22.4 Å². The number of fused-ring (bicyclic) bond motifs is 6. The molecule has 0 atom stereocenters. The van der Waals surface area contributed by atoms with E-state index in [1.165, 1.54) is 43.4 Å². The van der Waals surface area contributed by atoms with Crippen LogP contribution in [0.2, 0.25) is 0 Å². The van der Waals surface area contributed by atoms with Gasteiger partial charge in [0.25, 0.3) is 0 Å². The molecule has 0 N–H and O–H groups in total. The molecule has 2 aromatic heterocycles. The second-order valence-corrected chi connectivity index (χ2v) is 11.4. The zero-order chi connectivity index (χ0) is 29.7. The first kappa shape index (κ1) is 25.4. The van der Waals surface area contributed by atoms with Crippen LogP contribution in [0, 0.1) is 0 Å². The molecule has 210 valence electrons. The molecule has 7 aromatic carbocycles. The Morgan fingerprint density at radius 2 is 0.978 bits per heavy atom. The zero-order valence-corrected chi connectivity index (χ0v) is 24.4. The number of aromatic nitrogens is 3. The van der Waals surface area contributed by atoms with Crippen LogP contribution in [0.3, 0.4) is 0 Å². The summed E-state index contributed by atoms with van der Waals surface area (Å²) in [6, 6.07) is 57.9. The first-order valence-electron chi connectivity index (χ1n) is 15.3. The predicted molar refractivity (Wildman–Crippen MR) is 188 cm³/mol. The molecule has 3 nitrogen and oxygen atoms in total. The van der Waals surface area contributed by atoms with Gasteiger partial charge in [0, 0.05) is 21.9 Å². The van der Waals surface area contributed by atoms with Crippen LogP contribution in [0.1, 0.15) is 0 Å². The van der Waals surface area contributed by atoms with Crippen LogP contribution in [-0.4, -0.2) is 14.5 Å². The summed E-state index contributed by atoms with van der Waals surface area (Å²) < 4.78 is 2.23. The van der Waals surface area contributed by atoms with Crippen LogP contribution < -0.4 is 0 Å². The van der Waals surface area contributed by atoms with Gasteiger partial charge < -0.3 is 0 Å². The molecule has 0 aliphatic heterocycles. The van der Waals surface area contributed by atoms with Crippen molar-refractivity contribution in [3.8, 4) is 39.6 Å². The maximum Gasteiger partial charge on any atom is 0.235 e. The highest BCUT2D eigenvalue weighted by molar-refractivity contribution is 6.22. The Balaban J connectivity index is 1.34. The largest absolute Gasteiger partial charge is 0.278 e. The molecule has 0 saturated heterocycles. The monoisotopic (exact) mass is 573 g/mol. The molecule has 2 heterocycles. The Bertz CT molecular complexity index is 2470. The lowest BCUT2D eigenvalue weighted by Crippen LogP contribution is -2.03. The van der Waals surface area contributed by atoms with Crippen LogP contribution in [0.4, 0.5) is 0 Å². The van der Waals surface area contributed by atoms with Crippen molar-refractivity contribution in [2.75, 3.05) is 0 Å². The van der Waals surface area contributed by atoms with Gasteiger partial charge in [0.2, 0.25) is 5.95 Å². The summed E-state index contributed by atoms with van der Waals surface area (Å²) in [7, 11) is 0. The average molecular weight is 574 g/mol. The minimum absolute atomic E-state index is 0.658. The Morgan fingerprint density at radius 1 is 0.378 bits per heavy atom. The number of rotatable bonds is 4. The van der Waals surface area contributed by atoms with Gasteiger partial charge in [-0.05, 0) is 56.9 Å². The molecule has 9 aromatic rings. The second kappa shape index (κ2) is 10.3. The summed E-state index contributed by atoms with van der Waals surface area (Å²) in [5.41, 5.74) is 8.52. The van der Waals surface area contributed by atoms with Crippen molar-refractivity contribution in [3.05, 3.63) is 164 Å². The lowest BCUT2D eigenvalue weighted by atomic mass is 9.95. The van der Waals surface area contributed by atoms with Crippen molar-refractivity contribution in [1.29, 1.82) is 0 Å². The average Bonchev–Trinajstić information content (AvgIpc) is 3.47. The van der Waals surface area contributed by atoms with Crippen molar-refractivity contribution >= 4 is 43.4 Å². The third kappa shape index (κ3) is 4.21. The molecule has 45 heavy (non-hydrogen) atoms. The number of hydrogen-bond acceptors (Lipinski definition) is 2. The van der Waals surface area contributed by atoms with E-state index in [4.69, 9.17) is 9.97 Å². The van der Waals surface area contributed by atoms with Gasteiger partial charge in [0.15, 0.2) is 0 Å². The first-order valence-corrected chi connectivity index (χ1v) is 15.3. The van der Waals surface area contributed by atoms with Gasteiger partial charge in [0.1, 0.15) is 0 Å². The minimum atomic E-state index is 0.658. The van der Waals surface area contributed by atoms with E-state index in [9.17, 15) is 0 Å². The Labute approximate surface area is 260 Å². The molecule has 0 spiro atoms. The van der Waals surface area contributed by atoms with E-state index in [2.05, 4.69) is 156 Å². The van der Waals surface area contributed by atoms with Crippen molar-refractivity contribution in [1.82, 2.24) is 14.5 Å². The molecular weight excluding hydrogens is 546 g/mol. The summed E-state index contributed by atoms with van der Waals surface area (Å²) in [5.74, 6) is 0.658. The van der Waals surface area contributed by atoms with Crippen LogP contribution in [0.25, 0.3) is 82.9 Å². The zero-order valence-electron chi connectivity index (χ0n) is 24.4. The second-order valence-electron chi connectivity index (χ2n) is 11.4. The lowest BCUT2D eigenvalue weighted by molar-refractivity contribution is 0.996. The summed E-state index contributed by atoms with van der Waals surface area (Å²) >= 11 is 0. The van der Waals surface area contributed by atoms with Crippen LogP contribution in [-0.2, 0) is 0 Å². The van der Waals surface area contributed by atoms with E-state index in [1.54, 1.807) is 0 Å². The number of nitrogens with zero attached hydrogens (tertiary/aromatic N) is 3. The molecule has 9 rings (SSSR count). The van der Waals surface area contributed by atoms with Crippen molar-refractivity contribution in [2.24, 2.45) is 0 Å². The molecule has 0 fully saturated rings.